The topological polar surface area (TPSA) is 89.6 Å². The number of nitrogens with one attached hydrogen (secondary N) is 1. The van der Waals surface area contributed by atoms with Crippen molar-refractivity contribution >= 4 is 29.1 Å². The fourth-order valence-corrected chi connectivity index (χ4v) is 3.12. The summed E-state index contributed by atoms with van der Waals surface area (Å²) in [5.74, 6) is 7.73. The smallest absolute Gasteiger partial charge is 0.176 e. The Balaban J connectivity index is 2.45. The SMILES string of the molecule is Cc1nsc(Sc2nc(C(C)(C)C)nc(NN)c2C)n1. The van der Waals surface area contributed by atoms with Gasteiger partial charge in [0.1, 0.15) is 22.5 Å². The second-order valence-electron chi connectivity index (χ2n) is 5.43. The number of nitrogens with zero attached hydrogens (tertiary/aromatic N) is 4. The molecule has 108 valence electrons. The fourth-order valence-electron chi connectivity index (χ4n) is 1.47. The van der Waals surface area contributed by atoms with Crippen molar-refractivity contribution in [1.29, 1.82) is 0 Å². The highest BCUT2D eigenvalue weighted by Gasteiger charge is 2.22. The van der Waals surface area contributed by atoms with Crippen LogP contribution in [0.1, 0.15) is 38.0 Å². The molecule has 0 saturated carbocycles. The zero-order valence-corrected chi connectivity index (χ0v) is 13.8. The summed E-state index contributed by atoms with van der Waals surface area (Å²) in [6, 6.07) is 0. The second-order valence-corrected chi connectivity index (χ2v) is 7.42. The van der Waals surface area contributed by atoms with Crippen LogP contribution in [-0.2, 0) is 5.41 Å². The van der Waals surface area contributed by atoms with Gasteiger partial charge in [-0.1, -0.05) is 20.8 Å². The maximum absolute atomic E-state index is 5.55. The predicted octanol–water partition coefficient (Wildman–Crippen LogP) is 2.68. The summed E-state index contributed by atoms with van der Waals surface area (Å²) in [6.45, 7) is 10.0. The van der Waals surface area contributed by atoms with Crippen LogP contribution < -0.4 is 11.3 Å². The number of hydrazine groups is 1. The van der Waals surface area contributed by atoms with E-state index in [4.69, 9.17) is 5.84 Å². The van der Waals surface area contributed by atoms with Crippen LogP contribution >= 0.6 is 23.3 Å². The molecule has 0 amide bonds. The van der Waals surface area contributed by atoms with E-state index in [1.165, 1.54) is 23.3 Å². The number of nitrogens with two attached hydrogens (primary N) is 1. The Morgan fingerprint density at radius 1 is 1.15 bits per heavy atom. The summed E-state index contributed by atoms with van der Waals surface area (Å²) < 4.78 is 5.05. The first-order chi connectivity index (χ1) is 9.31. The van der Waals surface area contributed by atoms with E-state index < -0.39 is 0 Å². The molecule has 8 heteroatoms. The zero-order valence-electron chi connectivity index (χ0n) is 12.2. The van der Waals surface area contributed by atoms with Crippen molar-refractivity contribution in [3.63, 3.8) is 0 Å². The molecule has 0 saturated heterocycles. The lowest BCUT2D eigenvalue weighted by Crippen LogP contribution is -2.20. The van der Waals surface area contributed by atoms with Gasteiger partial charge in [0.15, 0.2) is 4.34 Å². The molecule has 0 atom stereocenters. The van der Waals surface area contributed by atoms with E-state index in [0.29, 0.717) is 5.82 Å². The number of aryl methyl sites for hydroxylation is 1. The Hall–Kier alpha value is -1.25. The van der Waals surface area contributed by atoms with Crippen molar-refractivity contribution in [2.24, 2.45) is 5.84 Å². The lowest BCUT2D eigenvalue weighted by atomic mass is 9.95. The van der Waals surface area contributed by atoms with E-state index >= 15 is 0 Å². The lowest BCUT2D eigenvalue weighted by molar-refractivity contribution is 0.538. The van der Waals surface area contributed by atoms with E-state index in [-0.39, 0.29) is 5.41 Å². The van der Waals surface area contributed by atoms with Gasteiger partial charge in [0.25, 0.3) is 0 Å². The fraction of sp³-hybridized carbons (Fsp3) is 0.500. The molecule has 0 radical (unpaired) electrons. The second kappa shape index (κ2) is 5.63. The molecule has 0 spiro atoms. The molecule has 0 aliphatic heterocycles. The first-order valence-electron chi connectivity index (χ1n) is 6.15. The summed E-state index contributed by atoms with van der Waals surface area (Å²) in [6.07, 6.45) is 0. The number of hydrogen-bond donors (Lipinski definition) is 2. The molecule has 0 unspecified atom stereocenters. The average Bonchev–Trinajstić information content (AvgIpc) is 2.76. The molecule has 0 bridgehead atoms. The first-order valence-corrected chi connectivity index (χ1v) is 7.74. The molecule has 6 nitrogen and oxygen atoms in total. The van der Waals surface area contributed by atoms with E-state index in [1.807, 2.05) is 13.8 Å². The third-order valence-corrected chi connectivity index (χ3v) is 4.53. The molecule has 2 aromatic heterocycles. The number of nitrogen functional groups attached to an aromatic ring is 1. The largest absolute Gasteiger partial charge is 0.308 e. The Kier molecular flexibility index (Phi) is 4.26. The van der Waals surface area contributed by atoms with Crippen LogP contribution in [0.5, 0.6) is 0 Å². The molecule has 0 aliphatic rings. The van der Waals surface area contributed by atoms with Crippen molar-refractivity contribution in [1.82, 2.24) is 19.3 Å². The van der Waals surface area contributed by atoms with Crippen LogP contribution in [0.2, 0.25) is 0 Å². The molecule has 3 N–H and O–H groups in total. The van der Waals surface area contributed by atoms with Gasteiger partial charge in [-0.2, -0.15) is 4.37 Å². The minimum absolute atomic E-state index is 0.147. The molecular weight excluding hydrogens is 292 g/mol. The van der Waals surface area contributed by atoms with Gasteiger partial charge in [-0.15, -0.1) is 0 Å². The van der Waals surface area contributed by atoms with E-state index in [2.05, 4.69) is 45.5 Å². The van der Waals surface area contributed by atoms with Gasteiger partial charge in [-0.05, 0) is 37.1 Å². The van der Waals surface area contributed by atoms with Crippen molar-refractivity contribution < 1.29 is 0 Å². The van der Waals surface area contributed by atoms with Gasteiger partial charge in [0.05, 0.1) is 0 Å². The van der Waals surface area contributed by atoms with Gasteiger partial charge in [0.2, 0.25) is 0 Å². The van der Waals surface area contributed by atoms with Gasteiger partial charge in [-0.3, -0.25) is 0 Å². The Labute approximate surface area is 126 Å². The van der Waals surface area contributed by atoms with Crippen LogP contribution in [0.3, 0.4) is 0 Å². The Morgan fingerprint density at radius 3 is 2.35 bits per heavy atom. The van der Waals surface area contributed by atoms with E-state index in [0.717, 1.165) is 26.6 Å². The number of anilines is 1. The standard InChI is InChI=1S/C12H18N6S2/c1-6-8(17-13)15-10(12(3,4)5)16-9(6)19-11-14-7(2)18-20-11/h13H2,1-5H3,(H,15,16,17). The van der Waals surface area contributed by atoms with Crippen LogP contribution in [0.25, 0.3) is 0 Å². The molecule has 20 heavy (non-hydrogen) atoms. The quantitative estimate of drug-likeness (QED) is 0.511. The maximum Gasteiger partial charge on any atom is 0.176 e. The Morgan fingerprint density at radius 2 is 1.85 bits per heavy atom. The molecule has 0 fully saturated rings. The molecule has 2 aromatic rings. The number of rotatable bonds is 3. The van der Waals surface area contributed by atoms with Gasteiger partial charge < -0.3 is 5.43 Å². The van der Waals surface area contributed by atoms with Gasteiger partial charge in [0, 0.05) is 11.0 Å². The number of aromatic nitrogens is 4. The van der Waals surface area contributed by atoms with E-state index in [1.54, 1.807) is 0 Å². The molecule has 2 heterocycles. The maximum atomic E-state index is 5.55. The third kappa shape index (κ3) is 3.25. The van der Waals surface area contributed by atoms with Crippen LogP contribution in [0.4, 0.5) is 5.82 Å². The van der Waals surface area contributed by atoms with Crippen LogP contribution in [0, 0.1) is 13.8 Å². The normalized spacial score (nSPS) is 11.7. The van der Waals surface area contributed by atoms with E-state index in [9.17, 15) is 0 Å². The highest BCUT2D eigenvalue weighted by Crippen LogP contribution is 2.33. The zero-order chi connectivity index (χ0) is 14.9. The molecule has 0 aromatic carbocycles. The minimum atomic E-state index is -0.147. The monoisotopic (exact) mass is 310 g/mol. The van der Waals surface area contributed by atoms with Crippen molar-refractivity contribution in [2.75, 3.05) is 5.43 Å². The van der Waals surface area contributed by atoms with Crippen molar-refractivity contribution in [2.45, 2.75) is 49.4 Å². The summed E-state index contributed by atoms with van der Waals surface area (Å²) in [7, 11) is 0. The predicted molar refractivity (Wildman–Crippen MR) is 82.0 cm³/mol. The highest BCUT2D eigenvalue weighted by atomic mass is 32.2. The highest BCUT2D eigenvalue weighted by molar-refractivity contribution is 8.00. The van der Waals surface area contributed by atoms with Gasteiger partial charge in [-0.25, -0.2) is 20.8 Å². The van der Waals surface area contributed by atoms with Crippen LogP contribution in [-0.4, -0.2) is 19.3 Å². The number of hydrogen-bond acceptors (Lipinski definition) is 8. The molecule has 2 rings (SSSR count). The molecular formula is C12H18N6S2. The summed E-state index contributed by atoms with van der Waals surface area (Å²) in [5, 5.41) is 0.856. The lowest BCUT2D eigenvalue weighted by Gasteiger charge is -2.19. The van der Waals surface area contributed by atoms with Crippen LogP contribution in [0.15, 0.2) is 9.37 Å². The third-order valence-electron chi connectivity index (χ3n) is 2.60. The first kappa shape index (κ1) is 15.1. The average molecular weight is 310 g/mol. The minimum Gasteiger partial charge on any atom is -0.308 e. The summed E-state index contributed by atoms with van der Waals surface area (Å²) in [4.78, 5) is 13.5. The van der Waals surface area contributed by atoms with Crippen molar-refractivity contribution in [3.8, 4) is 0 Å². The van der Waals surface area contributed by atoms with Gasteiger partial charge >= 0.3 is 0 Å². The summed E-state index contributed by atoms with van der Waals surface area (Å²) in [5.41, 5.74) is 3.41. The van der Waals surface area contributed by atoms with Crippen molar-refractivity contribution in [3.05, 3.63) is 17.2 Å². The Bertz CT molecular complexity index is 617. The summed E-state index contributed by atoms with van der Waals surface area (Å²) >= 11 is 2.86. The molecule has 0 aliphatic carbocycles.